The van der Waals surface area contributed by atoms with E-state index in [1.54, 1.807) is 29.1 Å². The molecule has 156 valence electrons. The predicted octanol–water partition coefficient (Wildman–Crippen LogP) is 2.74. The smallest absolute Gasteiger partial charge is 0.253 e. The number of halogens is 1. The molecule has 2 aromatic heterocycles. The molecule has 3 heterocycles. The number of ether oxygens (including phenoxy) is 1. The quantitative estimate of drug-likeness (QED) is 0.516. The minimum Gasteiger partial charge on any atom is -0.376 e. The first-order valence-corrected chi connectivity index (χ1v) is 9.83. The van der Waals surface area contributed by atoms with Gasteiger partial charge in [-0.25, -0.2) is 9.37 Å². The van der Waals surface area contributed by atoms with Crippen LogP contribution < -0.4 is 11.1 Å². The van der Waals surface area contributed by atoms with Gasteiger partial charge in [-0.1, -0.05) is 18.2 Å². The van der Waals surface area contributed by atoms with E-state index in [2.05, 4.69) is 15.4 Å². The first kappa shape index (κ1) is 19.1. The van der Waals surface area contributed by atoms with E-state index in [1.807, 2.05) is 12.1 Å². The summed E-state index contributed by atoms with van der Waals surface area (Å²) in [5.74, 6) is 0.171. The van der Waals surface area contributed by atoms with Crippen LogP contribution in [0.15, 0.2) is 48.7 Å². The number of nitrogens with one attached hydrogen (secondary N) is 1. The number of hydrogen-bond donors (Lipinski definition) is 2. The van der Waals surface area contributed by atoms with Crippen molar-refractivity contribution in [3.05, 3.63) is 76.9 Å². The molecule has 1 aliphatic rings. The fourth-order valence-corrected chi connectivity index (χ4v) is 3.72. The van der Waals surface area contributed by atoms with Gasteiger partial charge >= 0.3 is 0 Å². The van der Waals surface area contributed by atoms with Gasteiger partial charge in [-0.05, 0) is 29.8 Å². The molecule has 8 nitrogen and oxygen atoms in total. The zero-order chi connectivity index (χ0) is 21.4. The first-order chi connectivity index (χ1) is 15.1. The lowest BCUT2D eigenvalue weighted by molar-refractivity contribution is 0.100. The number of carbonyl (C=O) groups is 1. The molecule has 0 spiro atoms. The summed E-state index contributed by atoms with van der Waals surface area (Å²) in [6.45, 7) is 1.36. The maximum atomic E-state index is 13.5. The molecule has 1 aliphatic heterocycles. The molecule has 0 bridgehead atoms. The minimum atomic E-state index is -0.522. The molecular formula is C22H19FN6O2. The number of fused-ring (bicyclic) bond motifs is 2. The van der Waals surface area contributed by atoms with Gasteiger partial charge in [0.05, 0.1) is 36.2 Å². The Kier molecular flexibility index (Phi) is 4.79. The van der Waals surface area contributed by atoms with E-state index < -0.39 is 5.91 Å². The van der Waals surface area contributed by atoms with Crippen molar-refractivity contribution in [2.24, 2.45) is 5.73 Å². The molecule has 9 heteroatoms. The van der Waals surface area contributed by atoms with E-state index in [4.69, 9.17) is 15.5 Å². The zero-order valence-electron chi connectivity index (χ0n) is 16.5. The number of anilines is 1. The fourth-order valence-electron chi connectivity index (χ4n) is 3.72. The van der Waals surface area contributed by atoms with Crippen molar-refractivity contribution in [1.82, 2.24) is 19.7 Å². The topological polar surface area (TPSA) is 108 Å². The summed E-state index contributed by atoms with van der Waals surface area (Å²) in [6.07, 6.45) is 2.23. The first-order valence-electron chi connectivity index (χ1n) is 9.83. The molecular weight excluding hydrogens is 399 g/mol. The summed E-state index contributed by atoms with van der Waals surface area (Å²) in [5, 5.41) is 8.32. The summed E-state index contributed by atoms with van der Waals surface area (Å²) in [4.78, 5) is 21.1. The molecule has 0 radical (unpaired) electrons. The van der Waals surface area contributed by atoms with Crippen LogP contribution in [0.1, 0.15) is 27.2 Å². The zero-order valence-corrected chi connectivity index (χ0v) is 16.5. The van der Waals surface area contributed by atoms with Gasteiger partial charge in [0.15, 0.2) is 0 Å². The molecule has 4 aromatic rings. The average Bonchev–Trinajstić information content (AvgIpc) is 3.21. The molecule has 5 rings (SSSR count). The van der Waals surface area contributed by atoms with E-state index in [0.717, 1.165) is 16.8 Å². The average molecular weight is 418 g/mol. The number of amides is 1. The monoisotopic (exact) mass is 418 g/mol. The molecule has 31 heavy (non-hydrogen) atoms. The maximum absolute atomic E-state index is 13.5. The molecule has 0 saturated heterocycles. The Bertz CT molecular complexity index is 1300. The van der Waals surface area contributed by atoms with Crippen LogP contribution in [0.25, 0.3) is 16.9 Å². The number of carbonyl (C=O) groups excluding carboxylic acids is 1. The van der Waals surface area contributed by atoms with E-state index in [1.165, 1.54) is 12.1 Å². The summed E-state index contributed by atoms with van der Waals surface area (Å²) in [7, 11) is 0. The van der Waals surface area contributed by atoms with Gasteiger partial charge in [-0.3, -0.25) is 4.79 Å². The number of benzene rings is 2. The Morgan fingerprint density at radius 3 is 2.94 bits per heavy atom. The largest absolute Gasteiger partial charge is 0.376 e. The van der Waals surface area contributed by atoms with Crippen molar-refractivity contribution in [3.8, 4) is 5.95 Å². The number of nitrogens with zero attached hydrogens (tertiary/aromatic N) is 4. The lowest BCUT2D eigenvalue weighted by Gasteiger charge is -2.20. The Morgan fingerprint density at radius 2 is 2.10 bits per heavy atom. The third-order valence-corrected chi connectivity index (χ3v) is 5.23. The molecule has 0 aliphatic carbocycles. The Balaban J connectivity index is 1.57. The summed E-state index contributed by atoms with van der Waals surface area (Å²) in [5.41, 5.74) is 9.10. The number of primary amides is 1. The van der Waals surface area contributed by atoms with Crippen LogP contribution in [0, 0.1) is 5.82 Å². The van der Waals surface area contributed by atoms with Gasteiger partial charge in [0.1, 0.15) is 11.6 Å². The van der Waals surface area contributed by atoms with Crippen LogP contribution >= 0.6 is 0 Å². The van der Waals surface area contributed by atoms with Crippen molar-refractivity contribution < 1.29 is 13.9 Å². The second-order valence-corrected chi connectivity index (χ2v) is 7.24. The van der Waals surface area contributed by atoms with Crippen molar-refractivity contribution in [2.45, 2.75) is 19.6 Å². The van der Waals surface area contributed by atoms with E-state index >= 15 is 0 Å². The van der Waals surface area contributed by atoms with Crippen molar-refractivity contribution in [1.29, 1.82) is 0 Å². The molecule has 0 unspecified atom stereocenters. The van der Waals surface area contributed by atoms with Crippen molar-refractivity contribution >= 4 is 22.6 Å². The molecule has 0 fully saturated rings. The molecule has 1 amide bonds. The highest BCUT2D eigenvalue weighted by molar-refractivity contribution is 6.05. The number of nitrogens with two attached hydrogens (primary N) is 1. The van der Waals surface area contributed by atoms with Crippen LogP contribution in [0.5, 0.6) is 0 Å². The second-order valence-electron chi connectivity index (χ2n) is 7.24. The standard InChI is InChI=1S/C22H19FN6O2/c23-14-4-1-3-13(9-14)10-25-21-17-12-31-8-7-18(17)27-22(28-21)29-19-6-2-5-15(20(24)30)16(19)11-26-29/h1-6,9,11H,7-8,10,12H2,(H2,24,30)(H,25,27,28). The van der Waals surface area contributed by atoms with Crippen molar-refractivity contribution in [3.63, 3.8) is 0 Å². The summed E-state index contributed by atoms with van der Waals surface area (Å²) >= 11 is 0. The molecule has 3 N–H and O–H groups in total. The highest BCUT2D eigenvalue weighted by Crippen LogP contribution is 2.26. The Labute approximate surface area is 176 Å². The molecule has 0 atom stereocenters. The van der Waals surface area contributed by atoms with Crippen molar-refractivity contribution in [2.75, 3.05) is 11.9 Å². The lowest BCUT2D eigenvalue weighted by atomic mass is 10.1. The second kappa shape index (κ2) is 7.77. The summed E-state index contributed by atoms with van der Waals surface area (Å²) < 4.78 is 20.7. The summed E-state index contributed by atoms with van der Waals surface area (Å²) in [6, 6.07) is 11.6. The predicted molar refractivity (Wildman–Crippen MR) is 112 cm³/mol. The normalized spacial score (nSPS) is 13.2. The molecule has 2 aromatic carbocycles. The van der Waals surface area contributed by atoms with Gasteiger partial charge in [-0.15, -0.1) is 0 Å². The lowest BCUT2D eigenvalue weighted by Crippen LogP contribution is -2.19. The van der Waals surface area contributed by atoms with Crippen LogP contribution in [0.2, 0.25) is 0 Å². The van der Waals surface area contributed by atoms with E-state index in [-0.39, 0.29) is 5.82 Å². The van der Waals surface area contributed by atoms with Crippen LogP contribution in [-0.2, 0) is 24.3 Å². The SMILES string of the molecule is NC(=O)c1cccc2c1cnn2-c1nc2c(c(NCc3cccc(F)c3)n1)COCC2. The highest BCUT2D eigenvalue weighted by Gasteiger charge is 2.21. The van der Waals surface area contributed by atoms with Gasteiger partial charge in [0, 0.05) is 23.9 Å². The Hall–Kier alpha value is -3.85. The number of hydrogen-bond acceptors (Lipinski definition) is 6. The van der Waals surface area contributed by atoms with Crippen LogP contribution in [0.3, 0.4) is 0 Å². The van der Waals surface area contributed by atoms with Gasteiger partial charge in [0.25, 0.3) is 5.95 Å². The number of aromatic nitrogens is 4. The van der Waals surface area contributed by atoms with Crippen LogP contribution in [-0.4, -0.2) is 32.3 Å². The van der Waals surface area contributed by atoms with Gasteiger partial charge < -0.3 is 15.8 Å². The minimum absolute atomic E-state index is 0.290. The van der Waals surface area contributed by atoms with E-state index in [0.29, 0.717) is 54.4 Å². The van der Waals surface area contributed by atoms with Crippen LogP contribution in [0.4, 0.5) is 10.2 Å². The molecule has 0 saturated carbocycles. The fraction of sp³-hybridized carbons (Fsp3) is 0.182. The van der Waals surface area contributed by atoms with Gasteiger partial charge in [-0.2, -0.15) is 14.8 Å². The Morgan fingerprint density at radius 1 is 1.23 bits per heavy atom. The highest BCUT2D eigenvalue weighted by atomic mass is 19.1. The van der Waals surface area contributed by atoms with E-state index in [9.17, 15) is 9.18 Å². The third kappa shape index (κ3) is 3.59. The van der Waals surface area contributed by atoms with Gasteiger partial charge in [0.2, 0.25) is 5.91 Å². The maximum Gasteiger partial charge on any atom is 0.253 e. The third-order valence-electron chi connectivity index (χ3n) is 5.23. The number of rotatable bonds is 5.